The summed E-state index contributed by atoms with van der Waals surface area (Å²) in [5.74, 6) is 0. The Bertz CT molecular complexity index is 138. The molecule has 0 saturated heterocycles. The van der Waals surface area contributed by atoms with Gasteiger partial charge in [-0.15, -0.1) is 0 Å². The first-order chi connectivity index (χ1) is 6.52. The summed E-state index contributed by atoms with van der Waals surface area (Å²) in [7, 11) is -2.19. The summed E-state index contributed by atoms with van der Waals surface area (Å²) >= 11 is 0. The van der Waals surface area contributed by atoms with E-state index in [0.29, 0.717) is 0 Å². The third kappa shape index (κ3) is 20.9. The molecule has 0 atom stereocenters. The Hall–Kier alpha value is 0.964. The molecule has 0 rings (SSSR count). The molecule has 0 aliphatic rings. The number of rotatable bonds is 4. The van der Waals surface area contributed by atoms with Crippen LogP contribution < -0.4 is 0 Å². The van der Waals surface area contributed by atoms with Crippen molar-refractivity contribution in [1.82, 2.24) is 0 Å². The molecule has 0 radical (unpaired) electrons. The van der Waals surface area contributed by atoms with Gasteiger partial charge in [-0.05, 0) is 45.8 Å². The van der Waals surface area contributed by atoms with E-state index in [2.05, 4.69) is 49.9 Å². The smallest absolute Gasteiger partial charge is 0.297 e. The largest absolute Gasteiger partial charge is 0.471 e. The van der Waals surface area contributed by atoms with Crippen LogP contribution in [-0.2, 0) is 12.3 Å². The SMILES string of the molecule is C[SiH](O[Si](C)(C)C)O[Si](C)(C)C.[SiH3]O[SiH3]. The third-order valence-electron chi connectivity index (χ3n) is 1.04. The standard InChI is InChI=1S/C7H22O2Si3.H6OSi2/c1-10(8-11(2,3)4)9-12(5,6)7;2-1-3/h10H,1-7H3;2-3H3. The van der Waals surface area contributed by atoms with Crippen LogP contribution in [0.3, 0.4) is 0 Å². The lowest BCUT2D eigenvalue weighted by atomic mass is 11.8. The van der Waals surface area contributed by atoms with E-state index >= 15 is 0 Å². The molecule has 0 N–H and O–H groups in total. The Morgan fingerprint density at radius 3 is 1.13 bits per heavy atom. The highest BCUT2D eigenvalue weighted by Gasteiger charge is 2.24. The van der Waals surface area contributed by atoms with Crippen LogP contribution in [-0.4, -0.2) is 46.9 Å². The van der Waals surface area contributed by atoms with Crippen LogP contribution in [0.2, 0.25) is 45.8 Å². The van der Waals surface area contributed by atoms with E-state index in [1.165, 1.54) is 0 Å². The molecule has 0 fully saturated rings. The Morgan fingerprint density at radius 1 is 0.800 bits per heavy atom. The summed E-state index contributed by atoms with van der Waals surface area (Å²) < 4.78 is 16.3. The summed E-state index contributed by atoms with van der Waals surface area (Å²) in [4.78, 5) is 0. The van der Waals surface area contributed by atoms with Crippen molar-refractivity contribution in [1.29, 1.82) is 0 Å². The molecule has 0 heterocycles. The fraction of sp³-hybridized carbons (Fsp3) is 1.00. The minimum atomic E-state index is -1.36. The molecule has 0 aromatic heterocycles. The third-order valence-corrected chi connectivity index (χ3v) is 9.35. The van der Waals surface area contributed by atoms with Crippen molar-refractivity contribution in [3.63, 3.8) is 0 Å². The molecule has 0 aliphatic carbocycles. The van der Waals surface area contributed by atoms with E-state index in [9.17, 15) is 0 Å². The molecule has 0 aliphatic heterocycles. The number of hydrogen-bond donors (Lipinski definition) is 0. The topological polar surface area (TPSA) is 27.7 Å². The van der Waals surface area contributed by atoms with E-state index in [1.807, 2.05) is 0 Å². The van der Waals surface area contributed by atoms with Crippen LogP contribution in [0.4, 0.5) is 0 Å². The highest BCUT2D eigenvalue weighted by Crippen LogP contribution is 2.10. The van der Waals surface area contributed by atoms with Crippen molar-refractivity contribution in [2.24, 2.45) is 0 Å². The summed E-state index contributed by atoms with van der Waals surface area (Å²) in [6, 6.07) is 0. The molecule has 94 valence electrons. The fourth-order valence-corrected chi connectivity index (χ4v) is 9.61. The zero-order chi connectivity index (χ0) is 12.7. The van der Waals surface area contributed by atoms with Crippen molar-refractivity contribution in [3.8, 4) is 0 Å². The van der Waals surface area contributed by atoms with E-state index < -0.39 is 25.9 Å². The van der Waals surface area contributed by atoms with Gasteiger partial charge < -0.3 is 12.3 Å². The molecule has 0 amide bonds. The molecular weight excluding hydrogens is 273 g/mol. The predicted octanol–water partition coefficient (Wildman–Crippen LogP) is 0.103. The molecule has 0 aromatic rings. The quantitative estimate of drug-likeness (QED) is 0.690. The lowest BCUT2D eigenvalue weighted by Gasteiger charge is -2.28. The van der Waals surface area contributed by atoms with Crippen LogP contribution in [0, 0.1) is 0 Å². The summed E-state index contributed by atoms with van der Waals surface area (Å²) in [6.07, 6.45) is 0. The molecule has 0 aromatic carbocycles. The first-order valence-corrected chi connectivity index (χ1v) is 15.8. The average Bonchev–Trinajstić information content (AvgIpc) is 1.77. The lowest BCUT2D eigenvalue weighted by Crippen LogP contribution is -2.41. The Kier molecular flexibility index (Phi) is 9.92. The van der Waals surface area contributed by atoms with Gasteiger partial charge in [0.2, 0.25) is 0 Å². The molecule has 0 spiro atoms. The Morgan fingerprint density at radius 2 is 1.00 bits per heavy atom. The van der Waals surface area contributed by atoms with Gasteiger partial charge in [0, 0.05) is 0 Å². The zero-order valence-electron chi connectivity index (χ0n) is 11.8. The maximum absolute atomic E-state index is 5.90. The van der Waals surface area contributed by atoms with Gasteiger partial charge in [-0.3, -0.25) is 0 Å². The molecule has 3 nitrogen and oxygen atoms in total. The van der Waals surface area contributed by atoms with E-state index in [-0.39, 0.29) is 0 Å². The van der Waals surface area contributed by atoms with Gasteiger partial charge in [0.05, 0.1) is 0 Å². The average molecular weight is 301 g/mol. The van der Waals surface area contributed by atoms with Gasteiger partial charge in [-0.25, -0.2) is 0 Å². The van der Waals surface area contributed by atoms with E-state index in [0.717, 1.165) is 21.0 Å². The van der Waals surface area contributed by atoms with Crippen LogP contribution in [0.1, 0.15) is 0 Å². The maximum atomic E-state index is 5.90. The van der Waals surface area contributed by atoms with E-state index in [1.54, 1.807) is 0 Å². The molecule has 8 heteroatoms. The molecule has 0 bridgehead atoms. The number of hydrogen-bond acceptors (Lipinski definition) is 3. The van der Waals surface area contributed by atoms with Crippen molar-refractivity contribution in [3.05, 3.63) is 0 Å². The van der Waals surface area contributed by atoms with Crippen molar-refractivity contribution in [2.75, 3.05) is 0 Å². The monoisotopic (exact) mass is 300 g/mol. The second-order valence-corrected chi connectivity index (χ2v) is 20.2. The summed E-state index contributed by atoms with van der Waals surface area (Å²) in [6.45, 7) is 15.4. The normalized spacial score (nSPS) is 12.8. The fourth-order valence-electron chi connectivity index (χ4n) is 1.02. The minimum absolute atomic E-state index is 0.931. The Balaban J connectivity index is 0. The second-order valence-electron chi connectivity index (χ2n) is 5.44. The van der Waals surface area contributed by atoms with Gasteiger partial charge in [0.1, 0.15) is 21.0 Å². The summed E-state index contributed by atoms with van der Waals surface area (Å²) in [5.41, 5.74) is 0. The van der Waals surface area contributed by atoms with Crippen LogP contribution in [0.15, 0.2) is 0 Å². The zero-order valence-corrected chi connectivity index (χ0v) is 19.0. The highest BCUT2D eigenvalue weighted by molar-refractivity contribution is 6.80. The van der Waals surface area contributed by atoms with Crippen molar-refractivity contribution < 1.29 is 12.3 Å². The van der Waals surface area contributed by atoms with Gasteiger partial charge in [0.15, 0.2) is 16.6 Å². The van der Waals surface area contributed by atoms with Crippen LogP contribution >= 0.6 is 0 Å². The highest BCUT2D eigenvalue weighted by atomic mass is 28.4. The van der Waals surface area contributed by atoms with Crippen molar-refractivity contribution in [2.45, 2.75) is 45.8 Å². The molecule has 0 unspecified atom stereocenters. The van der Waals surface area contributed by atoms with E-state index in [4.69, 9.17) is 8.23 Å². The van der Waals surface area contributed by atoms with Gasteiger partial charge in [0.25, 0.3) is 9.28 Å². The molecule has 15 heavy (non-hydrogen) atoms. The van der Waals surface area contributed by atoms with Gasteiger partial charge >= 0.3 is 0 Å². The lowest BCUT2D eigenvalue weighted by molar-refractivity contribution is 0.428. The van der Waals surface area contributed by atoms with Crippen LogP contribution in [0.25, 0.3) is 0 Å². The summed E-state index contributed by atoms with van der Waals surface area (Å²) in [5, 5.41) is 0. The minimum Gasteiger partial charge on any atom is -0.471 e. The van der Waals surface area contributed by atoms with Gasteiger partial charge in [-0.2, -0.15) is 0 Å². The maximum Gasteiger partial charge on any atom is 0.297 e. The van der Waals surface area contributed by atoms with Crippen LogP contribution in [0.5, 0.6) is 0 Å². The van der Waals surface area contributed by atoms with Crippen molar-refractivity contribution >= 4 is 46.9 Å². The first kappa shape index (κ1) is 18.3. The van der Waals surface area contributed by atoms with Gasteiger partial charge in [-0.1, -0.05) is 0 Å². The first-order valence-electron chi connectivity index (χ1n) is 5.27. The predicted molar refractivity (Wildman–Crippen MR) is 82.8 cm³/mol. The second kappa shape index (κ2) is 8.11. The molecule has 0 saturated carbocycles. The molecular formula is C7H28O3Si5. The Labute approximate surface area is 105 Å².